The molecule has 0 saturated heterocycles. The summed E-state index contributed by atoms with van der Waals surface area (Å²) < 4.78 is 5.15. The molecule has 2 atom stereocenters. The van der Waals surface area contributed by atoms with Crippen molar-refractivity contribution in [1.82, 2.24) is 0 Å². The maximum absolute atomic E-state index is 12.7. The highest BCUT2D eigenvalue weighted by atomic mass is 16.5. The molecule has 0 saturated carbocycles. The fourth-order valence-electron chi connectivity index (χ4n) is 3.62. The lowest BCUT2D eigenvalue weighted by molar-refractivity contribution is 0.103. The first kappa shape index (κ1) is 14.0. The van der Waals surface area contributed by atoms with Gasteiger partial charge in [-0.1, -0.05) is 42.5 Å². The van der Waals surface area contributed by atoms with Crippen LogP contribution in [0.2, 0.25) is 0 Å². The van der Waals surface area contributed by atoms with E-state index < -0.39 is 0 Å². The van der Waals surface area contributed by atoms with Gasteiger partial charge < -0.3 is 4.74 Å². The van der Waals surface area contributed by atoms with E-state index >= 15 is 0 Å². The highest BCUT2D eigenvalue weighted by Gasteiger charge is 2.32. The minimum absolute atomic E-state index is 0.0818. The number of allylic oxidation sites excluding steroid dienone is 4. The maximum atomic E-state index is 12.7. The lowest BCUT2D eigenvalue weighted by atomic mass is 9.84. The molecule has 0 unspecified atom stereocenters. The first-order chi connectivity index (χ1) is 11.3. The number of methoxy groups -OCH3 is 1. The van der Waals surface area contributed by atoms with Crippen LogP contribution in [0.3, 0.4) is 0 Å². The third-order valence-corrected chi connectivity index (χ3v) is 4.82. The molecule has 23 heavy (non-hydrogen) atoms. The van der Waals surface area contributed by atoms with Gasteiger partial charge in [-0.2, -0.15) is 0 Å². The van der Waals surface area contributed by atoms with Crippen LogP contribution >= 0.6 is 0 Å². The summed E-state index contributed by atoms with van der Waals surface area (Å²) in [5, 5.41) is 0. The van der Waals surface area contributed by atoms with Crippen molar-refractivity contribution in [3.05, 3.63) is 89.0 Å². The average Bonchev–Trinajstić information content (AvgIpc) is 2.99. The first-order valence-corrected chi connectivity index (χ1v) is 7.93. The Labute approximate surface area is 136 Å². The van der Waals surface area contributed by atoms with Gasteiger partial charge in [-0.25, -0.2) is 0 Å². The van der Waals surface area contributed by atoms with E-state index in [1.165, 1.54) is 11.1 Å². The number of carbonyl (C=O) groups is 1. The van der Waals surface area contributed by atoms with E-state index in [0.29, 0.717) is 17.4 Å². The number of ether oxygens (including phenoxy) is 1. The van der Waals surface area contributed by atoms with Gasteiger partial charge in [0, 0.05) is 17.1 Å². The van der Waals surface area contributed by atoms with Crippen molar-refractivity contribution in [1.29, 1.82) is 0 Å². The van der Waals surface area contributed by atoms with Crippen molar-refractivity contribution in [2.45, 2.75) is 12.3 Å². The molecule has 114 valence electrons. The second-order valence-corrected chi connectivity index (χ2v) is 6.13. The number of fused-ring (bicyclic) bond motifs is 3. The van der Waals surface area contributed by atoms with E-state index in [1.54, 1.807) is 7.11 Å². The minimum Gasteiger partial charge on any atom is -0.497 e. The topological polar surface area (TPSA) is 26.3 Å². The molecule has 2 aliphatic carbocycles. The maximum Gasteiger partial charge on any atom is 0.192 e. The Morgan fingerprint density at radius 2 is 1.87 bits per heavy atom. The third-order valence-electron chi connectivity index (χ3n) is 4.82. The number of benzene rings is 2. The monoisotopic (exact) mass is 302 g/mol. The number of rotatable bonds is 3. The molecule has 0 aliphatic heterocycles. The second kappa shape index (κ2) is 5.54. The van der Waals surface area contributed by atoms with E-state index in [2.05, 4.69) is 36.4 Å². The fraction of sp³-hybridized carbons (Fsp3) is 0.190. The van der Waals surface area contributed by atoms with Gasteiger partial charge in [-0.3, -0.25) is 4.79 Å². The Morgan fingerprint density at radius 3 is 2.65 bits per heavy atom. The van der Waals surface area contributed by atoms with E-state index in [-0.39, 0.29) is 5.78 Å². The van der Waals surface area contributed by atoms with Gasteiger partial charge in [0.1, 0.15) is 5.75 Å². The number of ketones is 1. The fourth-order valence-corrected chi connectivity index (χ4v) is 3.62. The molecule has 2 aliphatic rings. The van der Waals surface area contributed by atoms with Crippen molar-refractivity contribution in [3.8, 4) is 5.75 Å². The zero-order valence-electron chi connectivity index (χ0n) is 13.0. The lowest BCUT2D eigenvalue weighted by Gasteiger charge is -2.19. The van der Waals surface area contributed by atoms with E-state index in [9.17, 15) is 4.79 Å². The zero-order chi connectivity index (χ0) is 15.8. The number of carbonyl (C=O) groups excluding carboxylic acids is 1. The molecular weight excluding hydrogens is 284 g/mol. The molecule has 0 amide bonds. The van der Waals surface area contributed by atoms with E-state index in [0.717, 1.165) is 17.7 Å². The largest absolute Gasteiger partial charge is 0.497 e. The molecule has 2 aromatic rings. The summed E-state index contributed by atoms with van der Waals surface area (Å²) in [4.78, 5) is 12.7. The van der Waals surface area contributed by atoms with Crippen LogP contribution in [-0.2, 0) is 6.42 Å². The van der Waals surface area contributed by atoms with Gasteiger partial charge in [0.05, 0.1) is 7.11 Å². The number of hydrogen-bond donors (Lipinski definition) is 0. The van der Waals surface area contributed by atoms with Crippen LogP contribution in [-0.4, -0.2) is 12.9 Å². The van der Waals surface area contributed by atoms with Gasteiger partial charge in [-0.15, -0.1) is 0 Å². The Hall–Kier alpha value is -2.61. The van der Waals surface area contributed by atoms with Crippen molar-refractivity contribution in [2.24, 2.45) is 5.92 Å². The summed E-state index contributed by atoms with van der Waals surface area (Å²) in [6.07, 6.45) is 7.34. The smallest absolute Gasteiger partial charge is 0.192 e. The summed E-state index contributed by atoms with van der Waals surface area (Å²) in [6, 6.07) is 15.9. The number of Topliss-reactive ketones (excluding diaryl/α,β-unsaturated/α-hetero) is 1. The van der Waals surface area contributed by atoms with Crippen LogP contribution in [0.1, 0.15) is 27.4 Å². The molecule has 0 radical (unpaired) electrons. The molecule has 2 heteroatoms. The molecule has 0 spiro atoms. The summed E-state index contributed by atoms with van der Waals surface area (Å²) in [6.45, 7) is 0. The summed E-state index contributed by atoms with van der Waals surface area (Å²) >= 11 is 0. The third kappa shape index (κ3) is 2.40. The van der Waals surface area contributed by atoms with E-state index in [4.69, 9.17) is 4.74 Å². The molecule has 0 N–H and O–H groups in total. The quantitative estimate of drug-likeness (QED) is 0.789. The Morgan fingerprint density at radius 1 is 1.09 bits per heavy atom. The summed E-state index contributed by atoms with van der Waals surface area (Å²) in [5.74, 6) is 1.66. The normalized spacial score (nSPS) is 21.3. The molecule has 0 bridgehead atoms. The minimum atomic E-state index is 0.0818. The SMILES string of the molecule is COc1ccc(C(=O)C2=C[C@@H]3Cc4ccccc4[C@@H]3C=C2)cc1. The number of hydrogen-bond acceptors (Lipinski definition) is 2. The summed E-state index contributed by atoms with van der Waals surface area (Å²) in [5.41, 5.74) is 4.31. The summed E-state index contributed by atoms with van der Waals surface area (Å²) in [7, 11) is 1.63. The highest BCUT2D eigenvalue weighted by Crippen LogP contribution is 2.42. The van der Waals surface area contributed by atoms with Crippen LogP contribution < -0.4 is 4.74 Å². The molecule has 4 rings (SSSR count). The molecule has 0 aromatic heterocycles. The van der Waals surface area contributed by atoms with Gasteiger partial charge >= 0.3 is 0 Å². The Bertz CT molecular complexity index is 812. The molecule has 0 fully saturated rings. The van der Waals surface area contributed by atoms with Crippen LogP contribution in [0, 0.1) is 5.92 Å². The molecule has 2 aromatic carbocycles. The van der Waals surface area contributed by atoms with Gasteiger partial charge in [-0.05, 0) is 47.7 Å². The van der Waals surface area contributed by atoms with Crippen molar-refractivity contribution < 1.29 is 9.53 Å². The standard InChI is InChI=1S/C21H18O2/c1-23-18-9-6-14(7-10-18)21(22)16-8-11-20-17(13-16)12-15-4-2-3-5-19(15)20/h2-11,13,17,20H,12H2,1H3/t17-,20+/m0/s1. The van der Waals surface area contributed by atoms with Crippen LogP contribution in [0.15, 0.2) is 72.3 Å². The molecule has 2 nitrogen and oxygen atoms in total. The highest BCUT2D eigenvalue weighted by molar-refractivity contribution is 6.10. The first-order valence-electron chi connectivity index (χ1n) is 7.93. The molecule has 0 heterocycles. The van der Waals surface area contributed by atoms with E-state index in [1.807, 2.05) is 30.3 Å². The van der Waals surface area contributed by atoms with Crippen molar-refractivity contribution in [3.63, 3.8) is 0 Å². The van der Waals surface area contributed by atoms with Crippen molar-refractivity contribution in [2.75, 3.05) is 7.11 Å². The molecular formula is C21H18O2. The van der Waals surface area contributed by atoms with Crippen molar-refractivity contribution >= 4 is 5.78 Å². The van der Waals surface area contributed by atoms with Gasteiger partial charge in [0.15, 0.2) is 5.78 Å². The van der Waals surface area contributed by atoms with Crippen LogP contribution in [0.4, 0.5) is 0 Å². The Balaban J connectivity index is 1.60. The van der Waals surface area contributed by atoms with Crippen LogP contribution in [0.25, 0.3) is 0 Å². The zero-order valence-corrected chi connectivity index (χ0v) is 13.0. The second-order valence-electron chi connectivity index (χ2n) is 6.13. The predicted molar refractivity (Wildman–Crippen MR) is 90.9 cm³/mol. The van der Waals surface area contributed by atoms with Gasteiger partial charge in [0.25, 0.3) is 0 Å². The predicted octanol–water partition coefficient (Wildman–Crippen LogP) is 4.33. The lowest BCUT2D eigenvalue weighted by Crippen LogP contribution is -2.12. The average molecular weight is 302 g/mol. The Kier molecular flexibility index (Phi) is 3.38. The van der Waals surface area contributed by atoms with Gasteiger partial charge in [0.2, 0.25) is 0 Å². The van der Waals surface area contributed by atoms with Crippen LogP contribution in [0.5, 0.6) is 5.75 Å².